The molecule has 0 aromatic heterocycles. The third kappa shape index (κ3) is 3.92. The van der Waals surface area contributed by atoms with Crippen molar-refractivity contribution in [3.8, 4) is 0 Å². The third-order valence-corrected chi connectivity index (χ3v) is 3.41. The summed E-state index contributed by atoms with van der Waals surface area (Å²) in [6.45, 7) is 3.50. The van der Waals surface area contributed by atoms with Crippen LogP contribution in [-0.4, -0.2) is 11.8 Å². The smallest absolute Gasteiger partial charge is 0.317 e. The van der Waals surface area contributed by atoms with E-state index in [0.29, 0.717) is 5.69 Å². The molecule has 126 valence electrons. The molecule has 0 fully saturated rings. The van der Waals surface area contributed by atoms with Crippen molar-refractivity contribution in [2.75, 3.05) is 10.6 Å². The number of halogens is 3. The number of amides is 2. The summed E-state index contributed by atoms with van der Waals surface area (Å²) in [4.78, 5) is 23.9. The fourth-order valence-electron chi connectivity index (χ4n) is 2.20. The first-order valence-corrected chi connectivity index (χ1v) is 7.05. The summed E-state index contributed by atoms with van der Waals surface area (Å²) in [7, 11) is 0. The second kappa shape index (κ2) is 6.74. The van der Waals surface area contributed by atoms with Gasteiger partial charge in [0.15, 0.2) is 0 Å². The lowest BCUT2D eigenvalue weighted by Crippen LogP contribution is -2.30. The van der Waals surface area contributed by atoms with Gasteiger partial charge in [-0.25, -0.2) is 0 Å². The average Bonchev–Trinajstić information content (AvgIpc) is 2.50. The zero-order chi connectivity index (χ0) is 17.9. The van der Waals surface area contributed by atoms with Gasteiger partial charge in [0.05, 0.1) is 11.3 Å². The maximum absolute atomic E-state index is 12.9. The largest absolute Gasteiger partial charge is 0.418 e. The van der Waals surface area contributed by atoms with Crippen molar-refractivity contribution in [3.63, 3.8) is 0 Å². The minimum absolute atomic E-state index is 0.460. The molecule has 0 saturated carbocycles. The molecule has 24 heavy (non-hydrogen) atoms. The van der Waals surface area contributed by atoms with Crippen LogP contribution in [0.25, 0.3) is 0 Å². The number of hydrogen-bond donors (Lipinski definition) is 2. The molecule has 0 atom stereocenters. The van der Waals surface area contributed by atoms with Crippen molar-refractivity contribution in [1.82, 2.24) is 0 Å². The summed E-state index contributed by atoms with van der Waals surface area (Å²) in [6.07, 6.45) is -4.63. The van der Waals surface area contributed by atoms with Gasteiger partial charge in [-0.3, -0.25) is 9.59 Å². The van der Waals surface area contributed by atoms with E-state index in [-0.39, 0.29) is 0 Å². The van der Waals surface area contributed by atoms with Crippen LogP contribution in [0.15, 0.2) is 42.5 Å². The van der Waals surface area contributed by atoms with E-state index in [1.165, 1.54) is 12.1 Å². The Bertz CT molecular complexity index is 765. The maximum Gasteiger partial charge on any atom is 0.418 e. The zero-order valence-corrected chi connectivity index (χ0v) is 13.0. The maximum atomic E-state index is 12.9. The van der Waals surface area contributed by atoms with Crippen molar-refractivity contribution in [2.24, 2.45) is 0 Å². The highest BCUT2D eigenvalue weighted by atomic mass is 19.4. The highest BCUT2D eigenvalue weighted by Crippen LogP contribution is 2.34. The molecule has 2 N–H and O–H groups in total. The van der Waals surface area contributed by atoms with Gasteiger partial charge >= 0.3 is 18.0 Å². The highest BCUT2D eigenvalue weighted by Gasteiger charge is 2.34. The Balaban J connectivity index is 2.18. The van der Waals surface area contributed by atoms with Crippen molar-refractivity contribution in [1.29, 1.82) is 0 Å². The number of carbonyl (C=O) groups is 2. The lowest BCUT2D eigenvalue weighted by atomic mass is 10.1. The lowest BCUT2D eigenvalue weighted by Gasteiger charge is -2.14. The molecule has 0 unspecified atom stereocenters. The number of para-hydroxylation sites is 2. The van der Waals surface area contributed by atoms with Gasteiger partial charge < -0.3 is 10.6 Å². The van der Waals surface area contributed by atoms with Gasteiger partial charge in [-0.2, -0.15) is 13.2 Å². The summed E-state index contributed by atoms with van der Waals surface area (Å²) in [5, 5.41) is 4.43. The third-order valence-electron chi connectivity index (χ3n) is 3.41. The zero-order valence-electron chi connectivity index (χ0n) is 13.0. The van der Waals surface area contributed by atoms with Gasteiger partial charge in [-0.1, -0.05) is 30.3 Å². The number of nitrogens with one attached hydrogen (secondary N) is 2. The monoisotopic (exact) mass is 336 g/mol. The molecule has 0 bridgehead atoms. The number of aryl methyl sites for hydroxylation is 2. The van der Waals surface area contributed by atoms with E-state index in [4.69, 9.17) is 0 Å². The fraction of sp³-hybridized carbons (Fsp3) is 0.176. The molecular formula is C17H15F3N2O2. The first kappa shape index (κ1) is 17.5. The van der Waals surface area contributed by atoms with E-state index in [1.807, 2.05) is 5.32 Å². The Morgan fingerprint density at radius 1 is 0.833 bits per heavy atom. The highest BCUT2D eigenvalue weighted by molar-refractivity contribution is 6.43. The van der Waals surface area contributed by atoms with Gasteiger partial charge in [0.1, 0.15) is 0 Å². The lowest BCUT2D eigenvalue weighted by molar-refractivity contribution is -0.137. The van der Waals surface area contributed by atoms with Crippen LogP contribution in [0.2, 0.25) is 0 Å². The quantitative estimate of drug-likeness (QED) is 0.817. The van der Waals surface area contributed by atoms with Gasteiger partial charge in [-0.15, -0.1) is 0 Å². The molecule has 4 nitrogen and oxygen atoms in total. The molecule has 0 radical (unpaired) electrons. The molecule has 0 aliphatic rings. The summed E-state index contributed by atoms with van der Waals surface area (Å²) in [5.74, 6) is -2.21. The first-order chi connectivity index (χ1) is 11.2. The first-order valence-electron chi connectivity index (χ1n) is 7.05. The molecule has 2 aromatic carbocycles. The average molecular weight is 336 g/mol. The van der Waals surface area contributed by atoms with Crippen LogP contribution in [0.4, 0.5) is 24.5 Å². The Morgan fingerprint density at radius 2 is 1.38 bits per heavy atom. The number of carbonyl (C=O) groups excluding carboxylic acids is 2. The Morgan fingerprint density at radius 3 is 1.96 bits per heavy atom. The molecule has 2 amide bonds. The second-order valence-electron chi connectivity index (χ2n) is 5.22. The number of rotatable bonds is 2. The molecule has 2 rings (SSSR count). The normalized spacial score (nSPS) is 11.0. The molecule has 2 aromatic rings. The molecule has 0 aliphatic heterocycles. The number of hydrogen-bond acceptors (Lipinski definition) is 2. The summed E-state index contributed by atoms with van der Waals surface area (Å²) >= 11 is 0. The van der Waals surface area contributed by atoms with Crippen LogP contribution >= 0.6 is 0 Å². The summed E-state index contributed by atoms with van der Waals surface area (Å²) in [6, 6.07) is 9.76. The molecule has 0 aliphatic carbocycles. The van der Waals surface area contributed by atoms with Crippen LogP contribution in [0.5, 0.6) is 0 Å². The van der Waals surface area contributed by atoms with Gasteiger partial charge in [0.25, 0.3) is 0 Å². The van der Waals surface area contributed by atoms with Crippen LogP contribution in [-0.2, 0) is 15.8 Å². The number of anilines is 2. The van der Waals surface area contributed by atoms with Crippen LogP contribution in [0.3, 0.4) is 0 Å². The van der Waals surface area contributed by atoms with Crippen molar-refractivity contribution in [2.45, 2.75) is 20.0 Å². The minimum atomic E-state index is -4.63. The van der Waals surface area contributed by atoms with Crippen molar-refractivity contribution in [3.05, 3.63) is 59.2 Å². The van der Waals surface area contributed by atoms with Crippen LogP contribution in [0.1, 0.15) is 16.7 Å². The topological polar surface area (TPSA) is 58.2 Å². The Kier molecular flexibility index (Phi) is 4.92. The van der Waals surface area contributed by atoms with Crippen molar-refractivity contribution >= 4 is 23.2 Å². The fourth-order valence-corrected chi connectivity index (χ4v) is 2.20. The van der Waals surface area contributed by atoms with E-state index in [9.17, 15) is 22.8 Å². The van der Waals surface area contributed by atoms with E-state index in [1.54, 1.807) is 32.0 Å². The molecule has 0 spiro atoms. The van der Waals surface area contributed by atoms with E-state index in [0.717, 1.165) is 23.3 Å². The summed E-state index contributed by atoms with van der Waals surface area (Å²) < 4.78 is 38.7. The van der Waals surface area contributed by atoms with Gasteiger partial charge in [-0.05, 0) is 37.1 Å². The van der Waals surface area contributed by atoms with Gasteiger partial charge in [0.2, 0.25) is 0 Å². The predicted molar refractivity (Wildman–Crippen MR) is 84.6 cm³/mol. The number of alkyl halides is 3. The van der Waals surface area contributed by atoms with Gasteiger partial charge in [0, 0.05) is 5.69 Å². The molecule has 0 saturated heterocycles. The number of benzene rings is 2. The van der Waals surface area contributed by atoms with Crippen molar-refractivity contribution < 1.29 is 22.8 Å². The molecular weight excluding hydrogens is 321 g/mol. The SMILES string of the molecule is Cc1cccc(C)c1NC(=O)C(=O)Nc1ccccc1C(F)(F)F. The Hall–Kier alpha value is -2.83. The Labute approximate surface area is 136 Å². The standard InChI is InChI=1S/C17H15F3N2O2/c1-10-6-5-7-11(2)14(10)22-16(24)15(23)21-13-9-4-3-8-12(13)17(18,19)20/h3-9H,1-2H3,(H,21,23)(H,22,24). The van der Waals surface area contributed by atoms with Crippen LogP contribution in [0, 0.1) is 13.8 Å². The van der Waals surface area contributed by atoms with E-state index >= 15 is 0 Å². The van der Waals surface area contributed by atoms with Crippen LogP contribution < -0.4 is 10.6 Å². The van der Waals surface area contributed by atoms with E-state index < -0.39 is 29.2 Å². The minimum Gasteiger partial charge on any atom is -0.317 e. The second-order valence-corrected chi connectivity index (χ2v) is 5.22. The molecule has 7 heteroatoms. The molecule has 0 heterocycles. The van der Waals surface area contributed by atoms with E-state index in [2.05, 4.69) is 5.32 Å². The predicted octanol–water partition coefficient (Wildman–Crippen LogP) is 3.90. The summed E-state index contributed by atoms with van der Waals surface area (Å²) in [5.41, 5.74) is 0.463.